The molecular formula is C13H16N2OS. The Balaban J connectivity index is 2.04. The van der Waals surface area contributed by atoms with Gasteiger partial charge in [0.1, 0.15) is 5.78 Å². The summed E-state index contributed by atoms with van der Waals surface area (Å²) in [7, 11) is 0. The molecule has 2 aliphatic heterocycles. The lowest BCUT2D eigenvalue weighted by Gasteiger charge is -2.35. The second-order valence-electron chi connectivity index (χ2n) is 4.48. The van der Waals surface area contributed by atoms with Crippen molar-refractivity contribution in [3.63, 3.8) is 0 Å². The summed E-state index contributed by atoms with van der Waals surface area (Å²) in [5.74, 6) is 0.525. The summed E-state index contributed by atoms with van der Waals surface area (Å²) < 4.78 is 0. The molecule has 0 radical (unpaired) electrons. The van der Waals surface area contributed by atoms with E-state index in [1.165, 1.54) is 0 Å². The molecule has 1 saturated heterocycles. The minimum Gasteiger partial charge on any atom is -0.370 e. The van der Waals surface area contributed by atoms with Gasteiger partial charge in [-0.2, -0.15) is 0 Å². The van der Waals surface area contributed by atoms with E-state index in [0.717, 1.165) is 36.5 Å². The van der Waals surface area contributed by atoms with Gasteiger partial charge in [-0.25, -0.2) is 0 Å². The van der Waals surface area contributed by atoms with Crippen LogP contribution in [0.25, 0.3) is 0 Å². The number of aliphatic imine (C=N–C) groups is 1. The Morgan fingerprint density at radius 3 is 2.76 bits per heavy atom. The maximum absolute atomic E-state index is 11.3. The molecule has 0 aromatic heterocycles. The summed E-state index contributed by atoms with van der Waals surface area (Å²) in [4.78, 5) is 18.3. The smallest absolute Gasteiger partial charge is 0.133 e. The van der Waals surface area contributed by atoms with Crippen molar-refractivity contribution in [1.29, 1.82) is 0 Å². The summed E-state index contributed by atoms with van der Waals surface area (Å²) in [6.07, 6.45) is 5.51. The Hall–Kier alpha value is -1.29. The van der Waals surface area contributed by atoms with Gasteiger partial charge in [0.2, 0.25) is 0 Å². The van der Waals surface area contributed by atoms with E-state index in [1.54, 1.807) is 13.1 Å². The van der Waals surface area contributed by atoms with Crippen molar-refractivity contribution >= 4 is 29.1 Å². The van der Waals surface area contributed by atoms with E-state index in [9.17, 15) is 4.79 Å². The first-order chi connectivity index (χ1) is 8.09. The first-order valence-electron chi connectivity index (χ1n) is 5.83. The fraction of sp³-hybridized carbons (Fsp3) is 0.462. The highest BCUT2D eigenvalue weighted by molar-refractivity contribution is 7.81. The van der Waals surface area contributed by atoms with Gasteiger partial charge < -0.3 is 4.90 Å². The van der Waals surface area contributed by atoms with E-state index in [2.05, 4.69) is 16.5 Å². The Bertz CT molecular complexity index is 429. The van der Waals surface area contributed by atoms with E-state index in [-0.39, 0.29) is 5.92 Å². The predicted octanol–water partition coefficient (Wildman–Crippen LogP) is 2.14. The normalized spacial score (nSPS) is 21.7. The van der Waals surface area contributed by atoms with E-state index < -0.39 is 0 Å². The monoisotopic (exact) mass is 248 g/mol. The zero-order chi connectivity index (χ0) is 12.4. The minimum atomic E-state index is 0.223. The average molecular weight is 248 g/mol. The molecule has 0 atom stereocenters. The number of allylic oxidation sites excluding steroid dienone is 1. The molecule has 3 nitrogen and oxygen atoms in total. The first-order valence-corrected chi connectivity index (χ1v) is 6.24. The van der Waals surface area contributed by atoms with Crippen molar-refractivity contribution in [3.8, 4) is 0 Å². The van der Waals surface area contributed by atoms with Crippen molar-refractivity contribution in [3.05, 3.63) is 24.0 Å². The highest BCUT2D eigenvalue weighted by Gasteiger charge is 2.25. The van der Waals surface area contributed by atoms with Crippen molar-refractivity contribution in [2.75, 3.05) is 13.1 Å². The Labute approximate surface area is 107 Å². The van der Waals surface area contributed by atoms with Crippen LogP contribution < -0.4 is 0 Å². The maximum atomic E-state index is 11.3. The molecule has 0 unspecified atom stereocenters. The van der Waals surface area contributed by atoms with Gasteiger partial charge in [-0.05, 0) is 25.8 Å². The van der Waals surface area contributed by atoms with Crippen LogP contribution in [0.15, 0.2) is 29.0 Å². The molecule has 0 spiro atoms. The summed E-state index contributed by atoms with van der Waals surface area (Å²) in [6, 6.07) is 0. The quantitative estimate of drug-likeness (QED) is 0.554. The molecule has 2 aliphatic rings. The molecule has 0 amide bonds. The number of thiocarbonyl (C=S) groups is 1. The lowest BCUT2D eigenvalue weighted by atomic mass is 9.92. The van der Waals surface area contributed by atoms with E-state index >= 15 is 0 Å². The van der Waals surface area contributed by atoms with Gasteiger partial charge in [-0.3, -0.25) is 9.79 Å². The standard InChI is InChI=1S/C13H16N2OS/c1-9-13(17)12(3-6-14-9)15-7-4-11(5-8-15)10(2)16/h3,6,11H,1,4-5,7-8H2,2H3. The third kappa shape index (κ3) is 2.52. The summed E-state index contributed by atoms with van der Waals surface area (Å²) >= 11 is 5.32. The van der Waals surface area contributed by atoms with Crippen LogP contribution in [0.1, 0.15) is 19.8 Å². The van der Waals surface area contributed by atoms with Crippen molar-refractivity contribution in [2.45, 2.75) is 19.8 Å². The van der Waals surface area contributed by atoms with Crippen molar-refractivity contribution in [2.24, 2.45) is 10.9 Å². The van der Waals surface area contributed by atoms with Crippen molar-refractivity contribution in [1.82, 2.24) is 4.90 Å². The molecule has 2 rings (SSSR count). The topological polar surface area (TPSA) is 32.7 Å². The molecule has 17 heavy (non-hydrogen) atoms. The van der Waals surface area contributed by atoms with Crippen LogP contribution in [0.4, 0.5) is 0 Å². The Kier molecular flexibility index (Phi) is 3.52. The van der Waals surface area contributed by atoms with Crippen LogP contribution >= 0.6 is 12.2 Å². The van der Waals surface area contributed by atoms with Gasteiger partial charge in [0.25, 0.3) is 0 Å². The van der Waals surface area contributed by atoms with Gasteiger partial charge in [0.05, 0.1) is 16.3 Å². The number of likely N-dealkylation sites (tertiary alicyclic amines) is 1. The largest absolute Gasteiger partial charge is 0.370 e. The number of Topliss-reactive ketones (excluding diaryl/α,β-unsaturated/α-hetero) is 1. The van der Waals surface area contributed by atoms with Gasteiger partial charge in [0.15, 0.2) is 0 Å². The number of rotatable bonds is 2. The maximum Gasteiger partial charge on any atom is 0.133 e. The van der Waals surface area contributed by atoms with Gasteiger partial charge >= 0.3 is 0 Å². The number of carbonyl (C=O) groups is 1. The number of nitrogens with zero attached hydrogens (tertiary/aromatic N) is 2. The molecule has 0 bridgehead atoms. The Morgan fingerprint density at radius 2 is 2.18 bits per heavy atom. The zero-order valence-electron chi connectivity index (χ0n) is 9.98. The molecule has 90 valence electrons. The fourth-order valence-corrected chi connectivity index (χ4v) is 2.51. The number of hydrogen-bond acceptors (Lipinski definition) is 4. The molecule has 0 N–H and O–H groups in total. The summed E-state index contributed by atoms with van der Waals surface area (Å²) in [5.41, 5.74) is 1.69. The van der Waals surface area contributed by atoms with Crippen LogP contribution in [-0.2, 0) is 4.79 Å². The molecule has 0 aromatic rings. The van der Waals surface area contributed by atoms with Gasteiger partial charge in [-0.1, -0.05) is 18.8 Å². The third-order valence-electron chi connectivity index (χ3n) is 3.37. The zero-order valence-corrected chi connectivity index (χ0v) is 10.8. The molecule has 2 heterocycles. The van der Waals surface area contributed by atoms with Crippen LogP contribution in [0.3, 0.4) is 0 Å². The predicted molar refractivity (Wildman–Crippen MR) is 73.3 cm³/mol. The molecule has 1 fully saturated rings. The summed E-state index contributed by atoms with van der Waals surface area (Å²) in [6.45, 7) is 7.28. The number of ketones is 1. The molecule has 4 heteroatoms. The Morgan fingerprint density at radius 1 is 1.53 bits per heavy atom. The first kappa shape index (κ1) is 12.2. The number of dihydropyridines is 1. The van der Waals surface area contributed by atoms with E-state index in [0.29, 0.717) is 11.5 Å². The van der Waals surface area contributed by atoms with Crippen LogP contribution in [0.2, 0.25) is 0 Å². The van der Waals surface area contributed by atoms with Gasteiger partial charge in [-0.15, -0.1) is 0 Å². The fourth-order valence-electron chi connectivity index (χ4n) is 2.26. The van der Waals surface area contributed by atoms with Crippen molar-refractivity contribution < 1.29 is 4.79 Å². The number of carbonyl (C=O) groups excluding carboxylic acids is 1. The van der Waals surface area contributed by atoms with Crippen LogP contribution in [0, 0.1) is 5.92 Å². The summed E-state index contributed by atoms with van der Waals surface area (Å²) in [5, 5.41) is 0. The molecule has 0 aliphatic carbocycles. The third-order valence-corrected chi connectivity index (χ3v) is 3.81. The molecule has 0 saturated carbocycles. The highest BCUT2D eigenvalue weighted by atomic mass is 32.1. The SMILES string of the molecule is C=C1N=CC=C(N2CCC(C(C)=O)CC2)C1=S. The van der Waals surface area contributed by atoms with Crippen LogP contribution in [0.5, 0.6) is 0 Å². The van der Waals surface area contributed by atoms with Gasteiger partial charge in [0, 0.05) is 25.2 Å². The minimum absolute atomic E-state index is 0.223. The van der Waals surface area contributed by atoms with E-state index in [4.69, 9.17) is 12.2 Å². The second-order valence-corrected chi connectivity index (χ2v) is 4.89. The van der Waals surface area contributed by atoms with E-state index in [1.807, 2.05) is 6.08 Å². The average Bonchev–Trinajstić information content (AvgIpc) is 2.33. The number of hydrogen-bond donors (Lipinski definition) is 0. The highest BCUT2D eigenvalue weighted by Crippen LogP contribution is 2.24. The lowest BCUT2D eigenvalue weighted by molar-refractivity contribution is -0.121. The second kappa shape index (κ2) is 4.92. The lowest BCUT2D eigenvalue weighted by Crippen LogP contribution is -2.37. The van der Waals surface area contributed by atoms with Crippen LogP contribution in [-0.4, -0.2) is 34.9 Å². The molecule has 0 aromatic carbocycles. The molecular weight excluding hydrogens is 232 g/mol. The number of piperidine rings is 1.